The molecule has 3 heterocycles. The minimum atomic E-state index is -0.299. The quantitative estimate of drug-likeness (QED) is 0.614. The van der Waals surface area contributed by atoms with Gasteiger partial charge in [0.25, 0.3) is 5.69 Å². The molecule has 1 fully saturated rings. The van der Waals surface area contributed by atoms with Gasteiger partial charge in [0.15, 0.2) is 5.17 Å². The Labute approximate surface area is 150 Å². The second-order valence-corrected chi connectivity index (χ2v) is 7.14. The van der Waals surface area contributed by atoms with Crippen LogP contribution in [-0.2, 0) is 0 Å². The molecule has 7 heteroatoms. The van der Waals surface area contributed by atoms with Gasteiger partial charge >= 0.3 is 0 Å². The molecule has 0 aliphatic carbocycles. The minimum Gasteiger partial charge on any atom is -0.338 e. The van der Waals surface area contributed by atoms with Crippen molar-refractivity contribution in [2.45, 2.75) is 31.5 Å². The van der Waals surface area contributed by atoms with Crippen LogP contribution in [-0.4, -0.2) is 31.8 Å². The standard InChI is InChI=1S/C18H18N4O2S/c1-2-12-11-25-18-20-16(14-8-5-6-10-19-14)17(21(12)18)13-7-3-4-9-15(13)22(23)24/h3-10,12,16-17H,2,11H2,1H3/t12-,16-,17+/m0/s1. The zero-order valence-electron chi connectivity index (χ0n) is 13.8. The summed E-state index contributed by atoms with van der Waals surface area (Å²) in [6, 6.07) is 12.7. The number of hydrogen-bond donors (Lipinski definition) is 0. The third-order valence-electron chi connectivity index (χ3n) is 4.78. The van der Waals surface area contributed by atoms with Crippen LogP contribution in [0.3, 0.4) is 0 Å². The molecule has 3 atom stereocenters. The van der Waals surface area contributed by atoms with Crippen LogP contribution in [0, 0.1) is 10.1 Å². The molecule has 25 heavy (non-hydrogen) atoms. The van der Waals surface area contributed by atoms with Crippen molar-refractivity contribution in [2.24, 2.45) is 4.99 Å². The average Bonchev–Trinajstić information content (AvgIpc) is 3.21. The Kier molecular flexibility index (Phi) is 4.17. The van der Waals surface area contributed by atoms with E-state index in [9.17, 15) is 10.1 Å². The van der Waals surface area contributed by atoms with Gasteiger partial charge in [-0.15, -0.1) is 0 Å². The van der Waals surface area contributed by atoms with Crippen LogP contribution in [0.1, 0.15) is 36.7 Å². The number of benzene rings is 1. The van der Waals surface area contributed by atoms with Crippen LogP contribution in [0.15, 0.2) is 53.7 Å². The molecular formula is C18H18N4O2S. The monoisotopic (exact) mass is 354 g/mol. The topological polar surface area (TPSA) is 71.6 Å². The van der Waals surface area contributed by atoms with E-state index < -0.39 is 0 Å². The summed E-state index contributed by atoms with van der Waals surface area (Å²) < 4.78 is 0. The maximum Gasteiger partial charge on any atom is 0.274 e. The lowest BCUT2D eigenvalue weighted by atomic mass is 9.94. The fraction of sp³-hybridized carbons (Fsp3) is 0.333. The van der Waals surface area contributed by atoms with Gasteiger partial charge in [-0.2, -0.15) is 0 Å². The molecule has 0 unspecified atom stereocenters. The first-order valence-electron chi connectivity index (χ1n) is 8.34. The van der Waals surface area contributed by atoms with Gasteiger partial charge in [0.05, 0.1) is 22.2 Å². The zero-order valence-corrected chi connectivity index (χ0v) is 14.6. The van der Waals surface area contributed by atoms with Crippen LogP contribution in [0.25, 0.3) is 0 Å². The Hall–Kier alpha value is -2.41. The first-order valence-corrected chi connectivity index (χ1v) is 9.32. The van der Waals surface area contributed by atoms with E-state index in [1.165, 1.54) is 0 Å². The number of amidine groups is 1. The van der Waals surface area contributed by atoms with Crippen molar-refractivity contribution in [3.05, 3.63) is 70.0 Å². The Balaban J connectivity index is 1.85. The third-order valence-corrected chi connectivity index (χ3v) is 5.91. The van der Waals surface area contributed by atoms with E-state index >= 15 is 0 Å². The fourth-order valence-electron chi connectivity index (χ4n) is 3.59. The van der Waals surface area contributed by atoms with Crippen molar-refractivity contribution in [1.82, 2.24) is 9.88 Å². The number of pyridine rings is 1. The molecule has 0 saturated carbocycles. The third kappa shape index (κ3) is 2.68. The molecule has 0 bridgehead atoms. The van der Waals surface area contributed by atoms with E-state index in [1.54, 1.807) is 30.1 Å². The molecule has 1 aromatic heterocycles. The van der Waals surface area contributed by atoms with Crippen LogP contribution in [0.4, 0.5) is 5.69 Å². The smallest absolute Gasteiger partial charge is 0.274 e. The van der Waals surface area contributed by atoms with Crippen LogP contribution >= 0.6 is 11.8 Å². The zero-order chi connectivity index (χ0) is 17.4. The van der Waals surface area contributed by atoms with Crippen LogP contribution in [0.5, 0.6) is 0 Å². The lowest BCUT2D eigenvalue weighted by Crippen LogP contribution is -2.35. The summed E-state index contributed by atoms with van der Waals surface area (Å²) in [5.74, 6) is 0.974. The summed E-state index contributed by atoms with van der Waals surface area (Å²) in [6.45, 7) is 2.15. The molecule has 0 radical (unpaired) electrons. The Morgan fingerprint density at radius 1 is 1.28 bits per heavy atom. The highest BCUT2D eigenvalue weighted by molar-refractivity contribution is 8.14. The van der Waals surface area contributed by atoms with Gasteiger partial charge in [0.2, 0.25) is 0 Å². The molecule has 2 aliphatic rings. The van der Waals surface area contributed by atoms with E-state index in [-0.39, 0.29) is 22.7 Å². The highest BCUT2D eigenvalue weighted by Gasteiger charge is 2.47. The maximum absolute atomic E-state index is 11.6. The average molecular weight is 354 g/mol. The number of thioether (sulfide) groups is 1. The molecule has 0 amide bonds. The molecule has 2 aromatic rings. The Morgan fingerprint density at radius 3 is 2.80 bits per heavy atom. The minimum absolute atomic E-state index is 0.150. The predicted molar refractivity (Wildman–Crippen MR) is 98.6 cm³/mol. The summed E-state index contributed by atoms with van der Waals surface area (Å²) in [6.07, 6.45) is 2.73. The highest BCUT2D eigenvalue weighted by Crippen LogP contribution is 2.50. The number of nitro groups is 1. The van der Waals surface area contributed by atoms with E-state index in [4.69, 9.17) is 4.99 Å². The summed E-state index contributed by atoms with van der Waals surface area (Å²) >= 11 is 1.74. The molecule has 4 rings (SSSR count). The largest absolute Gasteiger partial charge is 0.338 e. The number of fused-ring (bicyclic) bond motifs is 1. The van der Waals surface area contributed by atoms with Gasteiger partial charge in [-0.25, -0.2) is 0 Å². The van der Waals surface area contributed by atoms with Gasteiger partial charge in [-0.3, -0.25) is 20.1 Å². The second kappa shape index (κ2) is 6.48. The van der Waals surface area contributed by atoms with Gasteiger partial charge in [0.1, 0.15) is 6.04 Å². The van der Waals surface area contributed by atoms with Crippen molar-refractivity contribution in [2.75, 3.05) is 5.75 Å². The Bertz CT molecular complexity index is 827. The lowest BCUT2D eigenvalue weighted by molar-refractivity contribution is -0.386. The molecule has 128 valence electrons. The number of aliphatic imine (C=N–C) groups is 1. The number of aromatic nitrogens is 1. The van der Waals surface area contributed by atoms with E-state index in [0.29, 0.717) is 11.6 Å². The van der Waals surface area contributed by atoms with E-state index in [0.717, 1.165) is 23.0 Å². The molecule has 1 aromatic carbocycles. The SMILES string of the molecule is CC[C@H]1CSC2=N[C@@H](c3ccccn3)[C@@H](c3ccccc3[N+](=O)[O-])N21. The van der Waals surface area contributed by atoms with Crippen molar-refractivity contribution >= 4 is 22.6 Å². The van der Waals surface area contributed by atoms with Crippen molar-refractivity contribution in [3.8, 4) is 0 Å². The fourth-order valence-corrected chi connectivity index (χ4v) is 4.93. The molecular weight excluding hydrogens is 336 g/mol. The molecule has 2 aliphatic heterocycles. The van der Waals surface area contributed by atoms with Crippen molar-refractivity contribution in [3.63, 3.8) is 0 Å². The van der Waals surface area contributed by atoms with Crippen LogP contribution in [0.2, 0.25) is 0 Å². The summed E-state index contributed by atoms with van der Waals surface area (Å²) in [4.78, 5) is 22.9. The highest BCUT2D eigenvalue weighted by atomic mass is 32.2. The van der Waals surface area contributed by atoms with Gasteiger partial charge in [-0.05, 0) is 24.6 Å². The van der Waals surface area contributed by atoms with Gasteiger partial charge < -0.3 is 4.90 Å². The first kappa shape index (κ1) is 16.1. The lowest BCUT2D eigenvalue weighted by Gasteiger charge is -2.31. The number of nitro benzene ring substituents is 1. The second-order valence-electron chi connectivity index (χ2n) is 6.15. The van der Waals surface area contributed by atoms with Crippen molar-refractivity contribution < 1.29 is 4.92 Å². The molecule has 1 saturated heterocycles. The molecule has 0 spiro atoms. The summed E-state index contributed by atoms with van der Waals surface area (Å²) in [7, 11) is 0. The van der Waals surface area contributed by atoms with Gasteiger partial charge in [-0.1, -0.05) is 36.9 Å². The summed E-state index contributed by atoms with van der Waals surface area (Å²) in [5, 5.41) is 12.6. The first-order chi connectivity index (χ1) is 12.2. The number of nitrogens with zero attached hydrogens (tertiary/aromatic N) is 4. The number of hydrogen-bond acceptors (Lipinski definition) is 6. The maximum atomic E-state index is 11.6. The van der Waals surface area contributed by atoms with Crippen LogP contribution < -0.4 is 0 Å². The predicted octanol–water partition coefficient (Wildman–Crippen LogP) is 3.97. The normalized spacial score (nSPS) is 24.9. The van der Waals surface area contributed by atoms with Gasteiger partial charge in [0, 0.05) is 24.1 Å². The summed E-state index contributed by atoms with van der Waals surface area (Å²) in [5.41, 5.74) is 1.71. The molecule has 0 N–H and O–H groups in total. The van der Waals surface area contributed by atoms with Crippen molar-refractivity contribution in [1.29, 1.82) is 0 Å². The Morgan fingerprint density at radius 2 is 2.08 bits per heavy atom. The number of para-hydroxylation sites is 1. The molecule has 6 nitrogen and oxygen atoms in total. The van der Waals surface area contributed by atoms with E-state index in [1.807, 2.05) is 30.3 Å². The van der Waals surface area contributed by atoms with E-state index in [2.05, 4.69) is 16.8 Å². The number of rotatable bonds is 4.